The zero-order valence-corrected chi connectivity index (χ0v) is 9.73. The van der Waals surface area contributed by atoms with Gasteiger partial charge in [0.05, 0.1) is 12.2 Å². The van der Waals surface area contributed by atoms with Gasteiger partial charge in [0, 0.05) is 18.3 Å². The Labute approximate surface area is 96.3 Å². The highest BCUT2D eigenvalue weighted by Gasteiger charge is 1.96. The van der Waals surface area contributed by atoms with Gasteiger partial charge in [-0.05, 0) is 19.0 Å². The van der Waals surface area contributed by atoms with Crippen molar-refractivity contribution in [3.63, 3.8) is 0 Å². The van der Waals surface area contributed by atoms with Gasteiger partial charge in [-0.15, -0.1) is 0 Å². The van der Waals surface area contributed by atoms with E-state index >= 15 is 0 Å². The molecule has 0 aromatic carbocycles. The molecule has 1 aromatic heterocycles. The van der Waals surface area contributed by atoms with Crippen LogP contribution in [0.25, 0.3) is 0 Å². The van der Waals surface area contributed by atoms with Gasteiger partial charge in [-0.3, -0.25) is 0 Å². The second kappa shape index (κ2) is 6.81. The molecule has 4 nitrogen and oxygen atoms in total. The summed E-state index contributed by atoms with van der Waals surface area (Å²) >= 11 is 0. The van der Waals surface area contributed by atoms with Crippen LogP contribution >= 0.6 is 0 Å². The van der Waals surface area contributed by atoms with E-state index in [4.69, 9.17) is 10.00 Å². The van der Waals surface area contributed by atoms with Gasteiger partial charge >= 0.3 is 0 Å². The molecular formula is C12H17N3O. The lowest BCUT2D eigenvalue weighted by molar-refractivity contribution is 0.295. The van der Waals surface area contributed by atoms with Crippen LogP contribution in [0.4, 0.5) is 0 Å². The third-order valence-corrected chi connectivity index (χ3v) is 1.99. The zero-order valence-electron chi connectivity index (χ0n) is 9.73. The van der Waals surface area contributed by atoms with Crippen LogP contribution in [0.1, 0.15) is 25.8 Å². The number of hydrogen-bond acceptors (Lipinski definition) is 4. The molecule has 86 valence electrons. The summed E-state index contributed by atoms with van der Waals surface area (Å²) in [6, 6.07) is 5.94. The van der Waals surface area contributed by atoms with Crippen LogP contribution in [-0.2, 0) is 0 Å². The molecular weight excluding hydrogens is 202 g/mol. The Morgan fingerprint density at radius 3 is 2.88 bits per heavy atom. The molecule has 0 atom stereocenters. The second-order valence-corrected chi connectivity index (χ2v) is 3.81. The fourth-order valence-electron chi connectivity index (χ4n) is 1.17. The number of ether oxygens (including phenoxy) is 1. The minimum atomic E-state index is 0.507. The molecule has 1 rings (SSSR count). The van der Waals surface area contributed by atoms with Crippen molar-refractivity contribution in [3.8, 4) is 11.9 Å². The van der Waals surface area contributed by atoms with Gasteiger partial charge in [-0.2, -0.15) is 5.26 Å². The lowest BCUT2D eigenvalue weighted by Gasteiger charge is -2.08. The topological polar surface area (TPSA) is 57.9 Å². The number of pyridine rings is 1. The van der Waals surface area contributed by atoms with E-state index < -0.39 is 0 Å². The standard InChI is InChI=1S/C12H17N3O/c1-10(2)14-6-3-7-16-12-5-4-11(8-13)9-15-12/h4-5,9-10,14H,3,6-7H2,1-2H3. The first-order valence-corrected chi connectivity index (χ1v) is 5.44. The Morgan fingerprint density at radius 2 is 2.31 bits per heavy atom. The second-order valence-electron chi connectivity index (χ2n) is 3.81. The quantitative estimate of drug-likeness (QED) is 0.740. The number of nitrogens with one attached hydrogen (secondary N) is 1. The van der Waals surface area contributed by atoms with E-state index in [0.29, 0.717) is 24.1 Å². The van der Waals surface area contributed by atoms with Gasteiger partial charge in [0.2, 0.25) is 5.88 Å². The lowest BCUT2D eigenvalue weighted by atomic mass is 10.3. The van der Waals surface area contributed by atoms with Crippen LogP contribution in [0.5, 0.6) is 5.88 Å². The molecule has 0 saturated heterocycles. The van der Waals surface area contributed by atoms with Crippen molar-refractivity contribution >= 4 is 0 Å². The molecule has 4 heteroatoms. The van der Waals surface area contributed by atoms with Gasteiger partial charge in [0.25, 0.3) is 0 Å². The summed E-state index contributed by atoms with van der Waals surface area (Å²) in [6.45, 7) is 5.80. The van der Waals surface area contributed by atoms with E-state index in [2.05, 4.69) is 24.1 Å². The average molecular weight is 219 g/mol. The maximum Gasteiger partial charge on any atom is 0.213 e. The van der Waals surface area contributed by atoms with Crippen molar-refractivity contribution in [1.82, 2.24) is 10.3 Å². The number of rotatable bonds is 6. The first-order valence-electron chi connectivity index (χ1n) is 5.44. The normalized spacial score (nSPS) is 10.1. The highest BCUT2D eigenvalue weighted by Crippen LogP contribution is 2.06. The molecule has 1 heterocycles. The van der Waals surface area contributed by atoms with E-state index in [1.165, 1.54) is 6.20 Å². The monoisotopic (exact) mass is 219 g/mol. The summed E-state index contributed by atoms with van der Waals surface area (Å²) in [7, 11) is 0. The van der Waals surface area contributed by atoms with Crippen LogP contribution in [0.15, 0.2) is 18.3 Å². The van der Waals surface area contributed by atoms with Crippen LogP contribution in [0.3, 0.4) is 0 Å². The number of nitriles is 1. The molecule has 0 aliphatic rings. The third kappa shape index (κ3) is 4.76. The molecule has 16 heavy (non-hydrogen) atoms. The van der Waals surface area contributed by atoms with Gasteiger partial charge in [0.15, 0.2) is 0 Å². The maximum absolute atomic E-state index is 8.59. The molecule has 0 radical (unpaired) electrons. The van der Waals surface area contributed by atoms with E-state index in [-0.39, 0.29) is 0 Å². The van der Waals surface area contributed by atoms with E-state index in [1.54, 1.807) is 12.1 Å². The summed E-state index contributed by atoms with van der Waals surface area (Å²) in [5.74, 6) is 0.573. The molecule has 0 aliphatic carbocycles. The third-order valence-electron chi connectivity index (χ3n) is 1.99. The summed E-state index contributed by atoms with van der Waals surface area (Å²) in [6.07, 6.45) is 2.46. The molecule has 0 unspecified atom stereocenters. The molecule has 0 saturated carbocycles. The van der Waals surface area contributed by atoms with Gasteiger partial charge in [0.1, 0.15) is 6.07 Å². The molecule has 0 amide bonds. The molecule has 0 spiro atoms. The van der Waals surface area contributed by atoms with Crippen LogP contribution in [-0.4, -0.2) is 24.2 Å². The lowest BCUT2D eigenvalue weighted by Crippen LogP contribution is -2.24. The maximum atomic E-state index is 8.59. The van der Waals surface area contributed by atoms with Crippen molar-refractivity contribution in [1.29, 1.82) is 5.26 Å². The summed E-state index contributed by atoms with van der Waals surface area (Å²) in [5.41, 5.74) is 0.550. The van der Waals surface area contributed by atoms with E-state index in [0.717, 1.165) is 13.0 Å². The van der Waals surface area contributed by atoms with Gasteiger partial charge < -0.3 is 10.1 Å². The molecule has 0 bridgehead atoms. The fourth-order valence-corrected chi connectivity index (χ4v) is 1.17. The van der Waals surface area contributed by atoms with E-state index in [1.807, 2.05) is 6.07 Å². The average Bonchev–Trinajstić information content (AvgIpc) is 2.29. The Hall–Kier alpha value is -1.60. The molecule has 1 aromatic rings. The summed E-state index contributed by atoms with van der Waals surface area (Å²) in [5, 5.41) is 11.9. The Kier molecular flexibility index (Phi) is 5.30. The Balaban J connectivity index is 2.20. The molecule has 1 N–H and O–H groups in total. The van der Waals surface area contributed by atoms with Crippen molar-refractivity contribution in [3.05, 3.63) is 23.9 Å². The van der Waals surface area contributed by atoms with Crippen LogP contribution in [0, 0.1) is 11.3 Å². The van der Waals surface area contributed by atoms with Gasteiger partial charge in [-0.1, -0.05) is 13.8 Å². The molecule has 0 aliphatic heterocycles. The van der Waals surface area contributed by atoms with Crippen molar-refractivity contribution in [2.24, 2.45) is 0 Å². The minimum Gasteiger partial charge on any atom is -0.478 e. The largest absolute Gasteiger partial charge is 0.478 e. The fraction of sp³-hybridized carbons (Fsp3) is 0.500. The highest BCUT2D eigenvalue weighted by atomic mass is 16.5. The van der Waals surface area contributed by atoms with Crippen LogP contribution < -0.4 is 10.1 Å². The Morgan fingerprint density at radius 1 is 1.50 bits per heavy atom. The van der Waals surface area contributed by atoms with Gasteiger partial charge in [-0.25, -0.2) is 4.98 Å². The first kappa shape index (κ1) is 12.5. The summed E-state index contributed by atoms with van der Waals surface area (Å²) < 4.78 is 5.43. The van der Waals surface area contributed by atoms with Crippen molar-refractivity contribution < 1.29 is 4.74 Å². The smallest absolute Gasteiger partial charge is 0.213 e. The number of nitrogens with zero attached hydrogens (tertiary/aromatic N) is 2. The van der Waals surface area contributed by atoms with Crippen molar-refractivity contribution in [2.45, 2.75) is 26.3 Å². The minimum absolute atomic E-state index is 0.507. The highest BCUT2D eigenvalue weighted by molar-refractivity contribution is 5.28. The predicted molar refractivity (Wildman–Crippen MR) is 62.2 cm³/mol. The summed E-state index contributed by atoms with van der Waals surface area (Å²) in [4.78, 5) is 4.02. The number of hydrogen-bond donors (Lipinski definition) is 1. The van der Waals surface area contributed by atoms with Crippen LogP contribution in [0.2, 0.25) is 0 Å². The first-order chi connectivity index (χ1) is 7.72. The SMILES string of the molecule is CC(C)NCCCOc1ccc(C#N)cn1. The zero-order chi connectivity index (χ0) is 11.8. The van der Waals surface area contributed by atoms with Crippen molar-refractivity contribution in [2.75, 3.05) is 13.2 Å². The predicted octanol–water partition coefficient (Wildman–Crippen LogP) is 1.72. The van der Waals surface area contributed by atoms with E-state index in [9.17, 15) is 0 Å². The molecule has 0 fully saturated rings. The number of aromatic nitrogens is 1. The Bertz CT molecular complexity index is 340.